The molecule has 7 heteroatoms. The van der Waals surface area contributed by atoms with Gasteiger partial charge >= 0.3 is 5.97 Å². The Balaban J connectivity index is 2.33. The van der Waals surface area contributed by atoms with Crippen molar-refractivity contribution in [1.29, 1.82) is 0 Å². The van der Waals surface area contributed by atoms with Crippen LogP contribution < -0.4 is 11.1 Å². The van der Waals surface area contributed by atoms with Gasteiger partial charge in [-0.15, -0.1) is 0 Å². The second-order valence-electron chi connectivity index (χ2n) is 4.19. The van der Waals surface area contributed by atoms with E-state index in [0.29, 0.717) is 10.2 Å². The Kier molecular flexibility index (Phi) is 4.23. The molecule has 21 heavy (non-hydrogen) atoms. The molecule has 0 aliphatic carbocycles. The summed E-state index contributed by atoms with van der Waals surface area (Å²) < 4.78 is 13.7. The number of nitrogens with two attached hydrogens (primary N) is 1. The van der Waals surface area contributed by atoms with Crippen molar-refractivity contribution < 1.29 is 19.1 Å². The molecule has 4 N–H and O–H groups in total. The standard InChI is InChI=1S/C14H10BrFN2O3/c15-10-5-7(1-4-11(10)17)13(19)18-12-6-8(16)2-3-9(12)14(20)21/h1-6H,17H2,(H,18,19)(H,20,21). The van der Waals surface area contributed by atoms with Crippen LogP contribution >= 0.6 is 15.9 Å². The first-order valence-electron chi connectivity index (χ1n) is 5.77. The summed E-state index contributed by atoms with van der Waals surface area (Å²) in [5, 5.41) is 11.4. The molecule has 108 valence electrons. The average molecular weight is 353 g/mol. The first kappa shape index (κ1) is 15.0. The van der Waals surface area contributed by atoms with Crippen LogP contribution in [0.3, 0.4) is 0 Å². The van der Waals surface area contributed by atoms with E-state index in [1.54, 1.807) is 0 Å². The SMILES string of the molecule is Nc1ccc(C(=O)Nc2cc(F)ccc2C(=O)O)cc1Br. The molecule has 2 aromatic rings. The lowest BCUT2D eigenvalue weighted by Crippen LogP contribution is -2.15. The van der Waals surface area contributed by atoms with Crippen molar-refractivity contribution in [3.63, 3.8) is 0 Å². The van der Waals surface area contributed by atoms with E-state index < -0.39 is 17.7 Å². The van der Waals surface area contributed by atoms with Gasteiger partial charge < -0.3 is 16.2 Å². The van der Waals surface area contributed by atoms with Crippen molar-refractivity contribution in [3.8, 4) is 0 Å². The molecule has 2 aromatic carbocycles. The van der Waals surface area contributed by atoms with E-state index in [1.165, 1.54) is 18.2 Å². The van der Waals surface area contributed by atoms with Crippen LogP contribution in [-0.4, -0.2) is 17.0 Å². The fraction of sp³-hybridized carbons (Fsp3) is 0. The van der Waals surface area contributed by atoms with Crippen LogP contribution in [0.4, 0.5) is 15.8 Å². The molecule has 0 saturated carbocycles. The fourth-order valence-corrected chi connectivity index (χ4v) is 2.05. The van der Waals surface area contributed by atoms with E-state index in [0.717, 1.165) is 18.2 Å². The van der Waals surface area contributed by atoms with Crippen molar-refractivity contribution in [3.05, 3.63) is 57.8 Å². The Morgan fingerprint density at radius 3 is 2.52 bits per heavy atom. The molecule has 0 spiro atoms. The van der Waals surface area contributed by atoms with Gasteiger partial charge in [0.2, 0.25) is 0 Å². The number of nitrogen functional groups attached to an aromatic ring is 1. The number of carbonyl (C=O) groups is 2. The monoisotopic (exact) mass is 352 g/mol. The number of rotatable bonds is 3. The molecule has 0 radical (unpaired) electrons. The second kappa shape index (κ2) is 5.92. The zero-order chi connectivity index (χ0) is 15.6. The van der Waals surface area contributed by atoms with Crippen LogP contribution in [0, 0.1) is 5.82 Å². The van der Waals surface area contributed by atoms with Gasteiger partial charge in [0.15, 0.2) is 0 Å². The van der Waals surface area contributed by atoms with Gasteiger partial charge in [-0.2, -0.15) is 0 Å². The largest absolute Gasteiger partial charge is 0.478 e. The number of benzene rings is 2. The van der Waals surface area contributed by atoms with Crippen molar-refractivity contribution >= 4 is 39.2 Å². The Morgan fingerprint density at radius 2 is 1.90 bits per heavy atom. The lowest BCUT2D eigenvalue weighted by Gasteiger charge is -2.09. The van der Waals surface area contributed by atoms with E-state index in [1.807, 2.05) is 0 Å². The summed E-state index contributed by atoms with van der Waals surface area (Å²) in [4.78, 5) is 23.1. The number of carbonyl (C=O) groups excluding carboxylic acids is 1. The summed E-state index contributed by atoms with van der Waals surface area (Å²) in [6, 6.07) is 7.56. The van der Waals surface area contributed by atoms with Crippen LogP contribution in [0.2, 0.25) is 0 Å². The summed E-state index contributed by atoms with van der Waals surface area (Å²) in [5.41, 5.74) is 6.04. The zero-order valence-electron chi connectivity index (χ0n) is 10.6. The number of anilines is 2. The van der Waals surface area contributed by atoms with Crippen molar-refractivity contribution in [1.82, 2.24) is 0 Å². The number of carboxylic acids is 1. The Morgan fingerprint density at radius 1 is 1.19 bits per heavy atom. The number of halogens is 2. The Bertz CT molecular complexity index is 734. The molecule has 0 heterocycles. The van der Waals surface area contributed by atoms with Crippen LogP contribution in [-0.2, 0) is 0 Å². The highest BCUT2D eigenvalue weighted by molar-refractivity contribution is 9.10. The predicted octanol–water partition coefficient (Wildman–Crippen LogP) is 3.12. The fourth-order valence-electron chi connectivity index (χ4n) is 1.67. The maximum atomic E-state index is 13.2. The van der Waals surface area contributed by atoms with E-state index in [9.17, 15) is 14.0 Å². The summed E-state index contributed by atoms with van der Waals surface area (Å²) in [6.07, 6.45) is 0. The maximum Gasteiger partial charge on any atom is 0.337 e. The van der Waals surface area contributed by atoms with Gasteiger partial charge in [0.25, 0.3) is 5.91 Å². The van der Waals surface area contributed by atoms with Crippen molar-refractivity contribution in [2.45, 2.75) is 0 Å². The third-order valence-corrected chi connectivity index (χ3v) is 3.41. The quantitative estimate of drug-likeness (QED) is 0.740. The summed E-state index contributed by atoms with van der Waals surface area (Å²) >= 11 is 3.19. The molecular formula is C14H10BrFN2O3. The first-order chi connectivity index (χ1) is 9.88. The van der Waals surface area contributed by atoms with E-state index in [2.05, 4.69) is 21.2 Å². The summed E-state index contributed by atoms with van der Waals surface area (Å²) in [5.74, 6) is -2.47. The van der Waals surface area contributed by atoms with E-state index in [-0.39, 0.29) is 16.8 Å². The molecule has 0 aromatic heterocycles. The zero-order valence-corrected chi connectivity index (χ0v) is 12.1. The van der Waals surface area contributed by atoms with Gasteiger partial charge in [-0.3, -0.25) is 4.79 Å². The van der Waals surface area contributed by atoms with Crippen LogP contribution in [0.5, 0.6) is 0 Å². The molecule has 0 aliphatic rings. The Labute approximate surface area is 127 Å². The molecule has 0 unspecified atom stereocenters. The molecule has 0 aliphatic heterocycles. The van der Waals surface area contributed by atoms with E-state index in [4.69, 9.17) is 10.8 Å². The van der Waals surface area contributed by atoms with Gasteiger partial charge in [0.05, 0.1) is 11.3 Å². The second-order valence-corrected chi connectivity index (χ2v) is 5.04. The van der Waals surface area contributed by atoms with Crippen LogP contribution in [0.25, 0.3) is 0 Å². The smallest absolute Gasteiger partial charge is 0.337 e. The number of nitrogens with one attached hydrogen (secondary N) is 1. The number of hydrogen-bond acceptors (Lipinski definition) is 3. The molecule has 1 amide bonds. The van der Waals surface area contributed by atoms with Crippen molar-refractivity contribution in [2.75, 3.05) is 11.1 Å². The van der Waals surface area contributed by atoms with Gasteiger partial charge in [0.1, 0.15) is 5.82 Å². The lowest BCUT2D eigenvalue weighted by atomic mass is 10.1. The lowest BCUT2D eigenvalue weighted by molar-refractivity contribution is 0.0698. The molecular weight excluding hydrogens is 343 g/mol. The molecule has 0 saturated heterocycles. The highest BCUT2D eigenvalue weighted by Gasteiger charge is 2.15. The molecule has 5 nitrogen and oxygen atoms in total. The highest BCUT2D eigenvalue weighted by atomic mass is 79.9. The number of hydrogen-bond donors (Lipinski definition) is 3. The van der Waals surface area contributed by atoms with E-state index >= 15 is 0 Å². The Hall–Kier alpha value is -2.41. The van der Waals surface area contributed by atoms with Crippen LogP contribution in [0.15, 0.2) is 40.9 Å². The number of aromatic carboxylic acids is 1. The number of carboxylic acid groups (broad SMARTS) is 1. The molecule has 0 fully saturated rings. The highest BCUT2D eigenvalue weighted by Crippen LogP contribution is 2.22. The summed E-state index contributed by atoms with van der Waals surface area (Å²) in [6.45, 7) is 0. The van der Waals surface area contributed by atoms with Gasteiger partial charge in [-0.05, 0) is 52.3 Å². The predicted molar refractivity (Wildman–Crippen MR) is 79.9 cm³/mol. The van der Waals surface area contributed by atoms with Gasteiger partial charge in [-0.25, -0.2) is 9.18 Å². The average Bonchev–Trinajstić information content (AvgIpc) is 2.41. The molecule has 0 bridgehead atoms. The summed E-state index contributed by atoms with van der Waals surface area (Å²) in [7, 11) is 0. The van der Waals surface area contributed by atoms with Crippen molar-refractivity contribution in [2.24, 2.45) is 0 Å². The molecule has 2 rings (SSSR count). The maximum absolute atomic E-state index is 13.2. The first-order valence-corrected chi connectivity index (χ1v) is 6.57. The third kappa shape index (κ3) is 3.38. The third-order valence-electron chi connectivity index (χ3n) is 2.72. The minimum atomic E-state index is -1.26. The van der Waals surface area contributed by atoms with Gasteiger partial charge in [0, 0.05) is 15.7 Å². The topological polar surface area (TPSA) is 92.4 Å². The normalized spacial score (nSPS) is 10.2. The minimum Gasteiger partial charge on any atom is -0.478 e. The minimum absolute atomic E-state index is 0.111. The van der Waals surface area contributed by atoms with Gasteiger partial charge in [-0.1, -0.05) is 0 Å². The number of amides is 1. The molecule has 0 atom stereocenters. The van der Waals surface area contributed by atoms with Crippen LogP contribution in [0.1, 0.15) is 20.7 Å².